The molecule has 1 N–H and O–H groups in total. The molecule has 1 aliphatic rings. The summed E-state index contributed by atoms with van der Waals surface area (Å²) >= 11 is 6.07. The number of likely N-dealkylation sites (tertiary alicyclic amines) is 1. The molecule has 0 aliphatic carbocycles. The number of aromatic nitrogens is 1. The number of piperidine rings is 1. The Kier molecular flexibility index (Phi) is 6.64. The normalized spacial score (nSPS) is 17.1. The van der Waals surface area contributed by atoms with Gasteiger partial charge in [0.1, 0.15) is 0 Å². The number of nitrogens with zero attached hydrogens (tertiary/aromatic N) is 2. The van der Waals surface area contributed by atoms with Crippen LogP contribution < -0.4 is 0 Å². The summed E-state index contributed by atoms with van der Waals surface area (Å²) in [7, 11) is 0. The summed E-state index contributed by atoms with van der Waals surface area (Å²) in [5.41, 5.74) is 2.37. The Hall–Kier alpha value is -1.91. The van der Waals surface area contributed by atoms with Gasteiger partial charge in [-0.15, -0.1) is 0 Å². The third-order valence-electron chi connectivity index (χ3n) is 5.20. The van der Waals surface area contributed by atoms with Gasteiger partial charge in [0.15, 0.2) is 0 Å². The maximum absolute atomic E-state index is 10.7. The van der Waals surface area contributed by atoms with Crippen molar-refractivity contribution in [2.24, 2.45) is 5.92 Å². The average Bonchev–Trinajstić information content (AvgIpc) is 2.65. The molecule has 1 atom stereocenters. The van der Waals surface area contributed by atoms with Crippen LogP contribution in [0.3, 0.4) is 0 Å². The minimum Gasteiger partial charge on any atom is -0.481 e. The molecule has 2 aromatic rings. The van der Waals surface area contributed by atoms with E-state index in [0.29, 0.717) is 5.92 Å². The van der Waals surface area contributed by atoms with Crippen LogP contribution in [0.1, 0.15) is 42.9 Å². The molecule has 1 saturated heterocycles. The monoisotopic (exact) mass is 372 g/mol. The first-order chi connectivity index (χ1) is 12.6. The van der Waals surface area contributed by atoms with Gasteiger partial charge in [0, 0.05) is 29.3 Å². The summed E-state index contributed by atoms with van der Waals surface area (Å²) in [4.78, 5) is 17.7. The number of carboxylic acids is 1. The van der Waals surface area contributed by atoms with E-state index in [1.54, 1.807) is 0 Å². The molecule has 1 fully saturated rings. The number of benzene rings is 1. The van der Waals surface area contributed by atoms with Crippen LogP contribution in [0.5, 0.6) is 0 Å². The molecule has 1 aromatic carbocycles. The maximum Gasteiger partial charge on any atom is 0.303 e. The van der Waals surface area contributed by atoms with Crippen molar-refractivity contribution in [1.29, 1.82) is 0 Å². The first-order valence-corrected chi connectivity index (χ1v) is 9.62. The first kappa shape index (κ1) is 18.9. The van der Waals surface area contributed by atoms with Gasteiger partial charge in [-0.2, -0.15) is 0 Å². The lowest BCUT2D eigenvalue weighted by atomic mass is 9.78. The standard InChI is InChI=1S/C21H25ClN2O2/c22-18-8-6-16(7-9-18)21(19-4-1-2-12-23-19)17-10-14-24(15-11-17)13-3-5-20(25)26/h1-2,4,6-9,12,17,21H,3,5,10-11,13-15H2,(H,25,26)/t21-/m1/s1. The molecule has 3 rings (SSSR count). The zero-order valence-corrected chi connectivity index (χ0v) is 15.6. The van der Waals surface area contributed by atoms with Crippen molar-refractivity contribution in [3.05, 3.63) is 64.9 Å². The molecule has 1 aromatic heterocycles. The minimum absolute atomic E-state index is 0.251. The van der Waals surface area contributed by atoms with Gasteiger partial charge < -0.3 is 10.0 Å². The highest BCUT2D eigenvalue weighted by Gasteiger charge is 2.29. The smallest absolute Gasteiger partial charge is 0.303 e. The van der Waals surface area contributed by atoms with Crippen molar-refractivity contribution in [3.63, 3.8) is 0 Å². The average molecular weight is 373 g/mol. The van der Waals surface area contributed by atoms with E-state index < -0.39 is 5.97 Å². The van der Waals surface area contributed by atoms with E-state index in [0.717, 1.165) is 49.6 Å². The summed E-state index contributed by atoms with van der Waals surface area (Å²) in [6.45, 7) is 2.90. The fraction of sp³-hybridized carbons (Fsp3) is 0.429. The Morgan fingerprint density at radius 2 is 1.92 bits per heavy atom. The Morgan fingerprint density at radius 3 is 2.54 bits per heavy atom. The first-order valence-electron chi connectivity index (χ1n) is 9.24. The van der Waals surface area contributed by atoms with Crippen LogP contribution in [0, 0.1) is 5.92 Å². The number of halogens is 1. The highest BCUT2D eigenvalue weighted by atomic mass is 35.5. The molecule has 0 bridgehead atoms. The van der Waals surface area contributed by atoms with Crippen molar-refractivity contribution in [3.8, 4) is 0 Å². The van der Waals surface area contributed by atoms with Crippen molar-refractivity contribution in [1.82, 2.24) is 9.88 Å². The molecular formula is C21H25ClN2O2. The van der Waals surface area contributed by atoms with Crippen molar-refractivity contribution < 1.29 is 9.90 Å². The van der Waals surface area contributed by atoms with E-state index in [9.17, 15) is 4.79 Å². The highest BCUT2D eigenvalue weighted by Crippen LogP contribution is 2.37. The lowest BCUT2D eigenvalue weighted by Crippen LogP contribution is -2.36. The van der Waals surface area contributed by atoms with E-state index in [4.69, 9.17) is 16.7 Å². The van der Waals surface area contributed by atoms with Crippen LogP contribution in [0.15, 0.2) is 48.7 Å². The van der Waals surface area contributed by atoms with Crippen LogP contribution in [0.2, 0.25) is 5.02 Å². The Morgan fingerprint density at radius 1 is 1.19 bits per heavy atom. The molecule has 0 spiro atoms. The van der Waals surface area contributed by atoms with Crippen LogP contribution in [-0.4, -0.2) is 40.6 Å². The third kappa shape index (κ3) is 5.05. The largest absolute Gasteiger partial charge is 0.481 e. The predicted molar refractivity (Wildman–Crippen MR) is 104 cm³/mol. The van der Waals surface area contributed by atoms with Crippen LogP contribution in [-0.2, 0) is 4.79 Å². The lowest BCUT2D eigenvalue weighted by molar-refractivity contribution is -0.137. The zero-order valence-electron chi connectivity index (χ0n) is 14.9. The number of pyridine rings is 1. The van der Waals surface area contributed by atoms with Crippen molar-refractivity contribution in [2.45, 2.75) is 31.6 Å². The molecule has 4 nitrogen and oxygen atoms in total. The fourth-order valence-corrected chi connectivity index (χ4v) is 4.00. The highest BCUT2D eigenvalue weighted by molar-refractivity contribution is 6.30. The Balaban J connectivity index is 1.69. The second-order valence-corrected chi connectivity index (χ2v) is 7.40. The van der Waals surface area contributed by atoms with E-state index in [2.05, 4.69) is 28.1 Å². The summed E-state index contributed by atoms with van der Waals surface area (Å²) in [5, 5.41) is 9.55. The van der Waals surface area contributed by atoms with Gasteiger partial charge in [-0.25, -0.2) is 0 Å². The van der Waals surface area contributed by atoms with Crippen LogP contribution >= 0.6 is 11.6 Å². The number of hydrogen-bond acceptors (Lipinski definition) is 3. The molecule has 0 saturated carbocycles. The molecule has 138 valence electrons. The SMILES string of the molecule is O=C(O)CCCN1CCC([C@@H](c2ccc(Cl)cc2)c2ccccn2)CC1. The van der Waals surface area contributed by atoms with Crippen molar-refractivity contribution >= 4 is 17.6 Å². The fourth-order valence-electron chi connectivity index (χ4n) is 3.88. The molecule has 0 amide bonds. The molecule has 1 aliphatic heterocycles. The number of aliphatic carboxylic acids is 1. The summed E-state index contributed by atoms with van der Waals surface area (Å²) in [5.74, 6) is 0.0919. The van der Waals surface area contributed by atoms with Gasteiger partial charge in [0.05, 0.1) is 0 Å². The maximum atomic E-state index is 10.7. The minimum atomic E-state index is -0.710. The lowest BCUT2D eigenvalue weighted by Gasteiger charge is -2.36. The topological polar surface area (TPSA) is 53.4 Å². The molecule has 2 heterocycles. The van der Waals surface area contributed by atoms with Crippen molar-refractivity contribution in [2.75, 3.05) is 19.6 Å². The van der Waals surface area contributed by atoms with E-state index in [1.807, 2.05) is 30.5 Å². The van der Waals surface area contributed by atoms with Gasteiger partial charge in [0.2, 0.25) is 0 Å². The van der Waals surface area contributed by atoms with Crippen LogP contribution in [0.25, 0.3) is 0 Å². The Labute approximate surface area is 159 Å². The quantitative estimate of drug-likeness (QED) is 0.780. The summed E-state index contributed by atoms with van der Waals surface area (Å²) in [6.07, 6.45) is 5.02. The van der Waals surface area contributed by atoms with E-state index in [1.165, 1.54) is 5.56 Å². The van der Waals surface area contributed by atoms with Gasteiger partial charge in [-0.1, -0.05) is 29.8 Å². The number of hydrogen-bond donors (Lipinski definition) is 1. The molecule has 0 unspecified atom stereocenters. The number of carboxylic acid groups (broad SMARTS) is 1. The van der Waals surface area contributed by atoms with E-state index >= 15 is 0 Å². The zero-order chi connectivity index (χ0) is 18.4. The molecule has 26 heavy (non-hydrogen) atoms. The number of carbonyl (C=O) groups is 1. The predicted octanol–water partition coefficient (Wildman–Crippen LogP) is 4.44. The molecular weight excluding hydrogens is 348 g/mol. The Bertz CT molecular complexity index is 698. The molecule has 5 heteroatoms. The third-order valence-corrected chi connectivity index (χ3v) is 5.46. The number of rotatable bonds is 7. The van der Waals surface area contributed by atoms with Gasteiger partial charge in [-0.05, 0) is 74.6 Å². The van der Waals surface area contributed by atoms with Gasteiger partial charge >= 0.3 is 5.97 Å². The summed E-state index contributed by atoms with van der Waals surface area (Å²) in [6, 6.07) is 14.2. The van der Waals surface area contributed by atoms with Crippen LogP contribution in [0.4, 0.5) is 0 Å². The molecule has 0 radical (unpaired) electrons. The van der Waals surface area contributed by atoms with E-state index in [-0.39, 0.29) is 12.3 Å². The van der Waals surface area contributed by atoms with Gasteiger partial charge in [0.25, 0.3) is 0 Å². The second kappa shape index (κ2) is 9.15. The summed E-state index contributed by atoms with van der Waals surface area (Å²) < 4.78 is 0. The second-order valence-electron chi connectivity index (χ2n) is 6.96. The van der Waals surface area contributed by atoms with Gasteiger partial charge in [-0.3, -0.25) is 9.78 Å².